The number of benzene rings is 2. The second-order valence-electron chi connectivity index (χ2n) is 9.16. The molecule has 0 unspecified atom stereocenters. The van der Waals surface area contributed by atoms with Gasteiger partial charge in [0, 0.05) is 23.6 Å². The van der Waals surface area contributed by atoms with Gasteiger partial charge in [-0.2, -0.15) is 5.26 Å². The van der Waals surface area contributed by atoms with Crippen molar-refractivity contribution in [3.63, 3.8) is 0 Å². The van der Waals surface area contributed by atoms with Crippen LogP contribution in [-0.4, -0.2) is 18.7 Å². The maximum Gasteiger partial charge on any atom is 0.283 e. The van der Waals surface area contributed by atoms with E-state index in [-0.39, 0.29) is 17.7 Å². The molecule has 0 aromatic heterocycles. The molecule has 1 fully saturated rings. The fraction of sp³-hybridized carbons (Fsp3) is 0.440. The van der Waals surface area contributed by atoms with Crippen LogP contribution in [0, 0.1) is 30.1 Å². The SMILES string of the molecule is Cc1ccc(N[C@H]2CCOc3cc(C#N)ccc32)cc1[C@@]1(C(C)C)N=C(N)O[C@@H]2C[C@@H]21. The van der Waals surface area contributed by atoms with Crippen LogP contribution in [0.4, 0.5) is 5.69 Å². The highest BCUT2D eigenvalue weighted by Gasteiger charge is 2.60. The van der Waals surface area contributed by atoms with Crippen LogP contribution < -0.4 is 15.8 Å². The molecule has 6 nitrogen and oxygen atoms in total. The molecule has 2 heterocycles. The van der Waals surface area contributed by atoms with Crippen LogP contribution >= 0.6 is 0 Å². The fourth-order valence-electron chi connectivity index (χ4n) is 5.29. The Kier molecular flexibility index (Phi) is 4.58. The van der Waals surface area contributed by atoms with Crippen molar-refractivity contribution in [1.29, 1.82) is 5.26 Å². The van der Waals surface area contributed by atoms with Gasteiger partial charge in [-0.25, -0.2) is 4.99 Å². The summed E-state index contributed by atoms with van der Waals surface area (Å²) in [5.74, 6) is 1.45. The highest BCUT2D eigenvalue weighted by atomic mass is 16.5. The molecular weight excluding hydrogens is 388 g/mol. The van der Waals surface area contributed by atoms with Gasteiger partial charge in [-0.1, -0.05) is 26.0 Å². The van der Waals surface area contributed by atoms with Gasteiger partial charge in [-0.3, -0.25) is 0 Å². The Labute approximate surface area is 183 Å². The molecule has 0 amide bonds. The average molecular weight is 417 g/mol. The second-order valence-corrected chi connectivity index (χ2v) is 9.16. The van der Waals surface area contributed by atoms with Crippen molar-refractivity contribution in [2.45, 2.75) is 51.3 Å². The van der Waals surface area contributed by atoms with E-state index in [2.05, 4.69) is 50.4 Å². The summed E-state index contributed by atoms with van der Waals surface area (Å²) < 4.78 is 11.5. The molecule has 0 spiro atoms. The van der Waals surface area contributed by atoms with Crippen molar-refractivity contribution in [3.8, 4) is 11.8 Å². The summed E-state index contributed by atoms with van der Waals surface area (Å²) in [5, 5.41) is 12.9. The number of hydrogen-bond donors (Lipinski definition) is 2. The lowest BCUT2D eigenvalue weighted by Crippen LogP contribution is -2.41. The van der Waals surface area contributed by atoms with Gasteiger partial charge in [0.15, 0.2) is 0 Å². The normalized spacial score (nSPS) is 28.4. The molecule has 5 rings (SSSR count). The van der Waals surface area contributed by atoms with Crippen LogP contribution in [-0.2, 0) is 10.3 Å². The first-order valence-electron chi connectivity index (χ1n) is 11.0. The summed E-state index contributed by atoms with van der Waals surface area (Å²) in [4.78, 5) is 4.90. The summed E-state index contributed by atoms with van der Waals surface area (Å²) >= 11 is 0. The molecule has 3 N–H and O–H groups in total. The van der Waals surface area contributed by atoms with Crippen LogP contribution in [0.25, 0.3) is 0 Å². The van der Waals surface area contributed by atoms with Crippen molar-refractivity contribution in [2.75, 3.05) is 11.9 Å². The lowest BCUT2D eigenvalue weighted by molar-refractivity contribution is 0.161. The van der Waals surface area contributed by atoms with Gasteiger partial charge < -0.3 is 20.5 Å². The first-order valence-corrected chi connectivity index (χ1v) is 11.0. The monoisotopic (exact) mass is 416 g/mol. The first kappa shape index (κ1) is 19.7. The number of nitrogens with zero attached hydrogens (tertiary/aromatic N) is 2. The molecule has 1 saturated carbocycles. The Morgan fingerprint density at radius 1 is 1.26 bits per heavy atom. The van der Waals surface area contributed by atoms with Gasteiger partial charge in [-0.05, 0) is 54.7 Å². The number of nitriles is 1. The zero-order valence-electron chi connectivity index (χ0n) is 18.2. The van der Waals surface area contributed by atoms with E-state index >= 15 is 0 Å². The number of hydrogen-bond acceptors (Lipinski definition) is 6. The summed E-state index contributed by atoms with van der Waals surface area (Å²) in [6.45, 7) is 7.21. The quantitative estimate of drug-likeness (QED) is 0.771. The number of anilines is 1. The predicted molar refractivity (Wildman–Crippen MR) is 120 cm³/mol. The summed E-state index contributed by atoms with van der Waals surface area (Å²) in [6.07, 6.45) is 2.03. The fourth-order valence-corrected chi connectivity index (χ4v) is 5.29. The molecule has 160 valence electrons. The van der Waals surface area contributed by atoms with E-state index in [9.17, 15) is 5.26 Å². The molecule has 2 aromatic carbocycles. The average Bonchev–Trinajstić information content (AvgIpc) is 3.53. The molecule has 0 bridgehead atoms. The van der Waals surface area contributed by atoms with Crippen LogP contribution in [0.5, 0.6) is 5.75 Å². The Bertz CT molecular complexity index is 1100. The van der Waals surface area contributed by atoms with Gasteiger partial charge in [0.2, 0.25) is 0 Å². The van der Waals surface area contributed by atoms with E-state index in [1.807, 2.05) is 18.2 Å². The number of nitrogens with one attached hydrogen (secondary N) is 1. The van der Waals surface area contributed by atoms with Gasteiger partial charge in [0.25, 0.3) is 6.02 Å². The predicted octanol–water partition coefficient (Wildman–Crippen LogP) is 4.39. The zero-order valence-corrected chi connectivity index (χ0v) is 18.2. The number of amidine groups is 1. The molecule has 2 aliphatic heterocycles. The molecule has 1 aliphatic carbocycles. The van der Waals surface area contributed by atoms with Crippen molar-refractivity contribution in [1.82, 2.24) is 0 Å². The number of ether oxygens (including phenoxy) is 2. The second kappa shape index (κ2) is 7.19. The third-order valence-electron chi connectivity index (χ3n) is 6.94. The molecule has 4 atom stereocenters. The summed E-state index contributed by atoms with van der Waals surface area (Å²) in [6, 6.07) is 14.8. The molecular formula is C25H28N4O2. The number of rotatable bonds is 4. The molecule has 0 saturated heterocycles. The van der Waals surface area contributed by atoms with Crippen LogP contribution in [0.3, 0.4) is 0 Å². The first-order chi connectivity index (χ1) is 14.9. The standard InChI is InChI=1S/C25H28N4O2/c1-14(2)25(20-12-23(20)31-24(27)29-25)19-11-17(6-4-15(19)3)28-21-8-9-30-22-10-16(13-26)5-7-18(21)22/h4-7,10-11,14,20-21,23,28H,8-9,12H2,1-3H3,(H2,27,29)/t20-,21-,23+,25+/m0/s1. The van der Waals surface area contributed by atoms with Crippen molar-refractivity contribution >= 4 is 11.7 Å². The molecule has 3 aliphatic rings. The highest BCUT2D eigenvalue weighted by Crippen LogP contribution is 2.57. The highest BCUT2D eigenvalue weighted by molar-refractivity contribution is 5.74. The lowest BCUT2D eigenvalue weighted by Gasteiger charge is -2.39. The van der Waals surface area contributed by atoms with E-state index in [1.165, 1.54) is 11.1 Å². The third kappa shape index (κ3) is 3.20. The molecule has 6 heteroatoms. The number of nitrogens with two attached hydrogens (primary N) is 1. The largest absolute Gasteiger partial charge is 0.493 e. The van der Waals surface area contributed by atoms with E-state index in [0.717, 1.165) is 29.8 Å². The van der Waals surface area contributed by atoms with Crippen LogP contribution in [0.15, 0.2) is 41.4 Å². The van der Waals surface area contributed by atoms with Crippen LogP contribution in [0.1, 0.15) is 55.0 Å². The van der Waals surface area contributed by atoms with Crippen molar-refractivity contribution < 1.29 is 9.47 Å². The summed E-state index contributed by atoms with van der Waals surface area (Å²) in [7, 11) is 0. The van der Waals surface area contributed by atoms with Gasteiger partial charge >= 0.3 is 0 Å². The van der Waals surface area contributed by atoms with Gasteiger partial charge in [0.1, 0.15) is 17.4 Å². The molecule has 31 heavy (non-hydrogen) atoms. The number of aryl methyl sites for hydroxylation is 1. The minimum Gasteiger partial charge on any atom is -0.493 e. The zero-order chi connectivity index (χ0) is 21.8. The van der Waals surface area contributed by atoms with Gasteiger partial charge in [0.05, 0.1) is 24.3 Å². The minimum atomic E-state index is -0.357. The van der Waals surface area contributed by atoms with Gasteiger partial charge in [-0.15, -0.1) is 0 Å². The Morgan fingerprint density at radius 3 is 2.87 bits per heavy atom. The van der Waals surface area contributed by atoms with Crippen molar-refractivity contribution in [3.05, 3.63) is 58.7 Å². The summed E-state index contributed by atoms with van der Waals surface area (Å²) in [5.41, 5.74) is 10.9. The van der Waals surface area contributed by atoms with E-state index in [4.69, 9.17) is 20.2 Å². The lowest BCUT2D eigenvalue weighted by atomic mass is 9.74. The smallest absolute Gasteiger partial charge is 0.283 e. The maximum absolute atomic E-state index is 9.18. The third-order valence-corrected chi connectivity index (χ3v) is 6.94. The van der Waals surface area contributed by atoms with E-state index in [1.54, 1.807) is 0 Å². The molecule has 2 aromatic rings. The number of aliphatic imine (C=N–C) groups is 1. The van der Waals surface area contributed by atoms with E-state index in [0.29, 0.717) is 30.0 Å². The Balaban J connectivity index is 1.51. The Morgan fingerprint density at radius 2 is 2.10 bits per heavy atom. The van der Waals surface area contributed by atoms with Crippen LogP contribution in [0.2, 0.25) is 0 Å². The number of fused-ring (bicyclic) bond motifs is 2. The molecule has 0 radical (unpaired) electrons. The maximum atomic E-state index is 9.18. The topological polar surface area (TPSA) is 92.7 Å². The van der Waals surface area contributed by atoms with Crippen molar-refractivity contribution in [2.24, 2.45) is 22.6 Å². The van der Waals surface area contributed by atoms with E-state index < -0.39 is 0 Å². The Hall–Kier alpha value is -3.20. The minimum absolute atomic E-state index is 0.124.